The van der Waals surface area contributed by atoms with Gasteiger partial charge in [0, 0.05) is 5.69 Å². The molecule has 0 saturated heterocycles. The number of benzene rings is 2. The second-order valence-electron chi connectivity index (χ2n) is 6.00. The average molecular weight is 411 g/mol. The first-order valence-electron chi connectivity index (χ1n) is 8.66. The van der Waals surface area contributed by atoms with Crippen molar-refractivity contribution in [2.45, 2.75) is 6.61 Å². The van der Waals surface area contributed by atoms with E-state index in [1.165, 1.54) is 35.6 Å². The maximum absolute atomic E-state index is 12.9. The van der Waals surface area contributed by atoms with Gasteiger partial charge in [0.1, 0.15) is 17.1 Å². The van der Waals surface area contributed by atoms with E-state index in [1.54, 1.807) is 10.7 Å². The molecule has 0 aliphatic heterocycles. The van der Waals surface area contributed by atoms with Crippen LogP contribution in [0.3, 0.4) is 0 Å². The van der Waals surface area contributed by atoms with Gasteiger partial charge in [-0.2, -0.15) is 13.9 Å². The summed E-state index contributed by atoms with van der Waals surface area (Å²) >= 11 is 1.53. The highest BCUT2D eigenvalue weighted by Gasteiger charge is 2.18. The van der Waals surface area contributed by atoms with Crippen molar-refractivity contribution in [3.8, 4) is 22.0 Å². The van der Waals surface area contributed by atoms with Crippen LogP contribution in [-0.4, -0.2) is 22.3 Å². The number of aromatic nitrogens is 2. The van der Waals surface area contributed by atoms with Gasteiger partial charge in [-0.3, -0.25) is 4.79 Å². The van der Waals surface area contributed by atoms with Crippen LogP contribution in [0.1, 0.15) is 10.5 Å². The number of alkyl halides is 2. The second-order valence-corrected chi connectivity index (χ2v) is 6.94. The number of carbonyl (C=O) groups is 1. The number of nitrogens with zero attached hydrogens (tertiary/aromatic N) is 2. The van der Waals surface area contributed by atoms with Crippen LogP contribution in [0.15, 0.2) is 78.2 Å². The molecule has 0 radical (unpaired) electrons. The topological polar surface area (TPSA) is 56.1 Å². The van der Waals surface area contributed by atoms with Crippen LogP contribution in [0.5, 0.6) is 5.75 Å². The van der Waals surface area contributed by atoms with E-state index in [2.05, 4.69) is 15.2 Å². The van der Waals surface area contributed by atoms with Gasteiger partial charge in [0.15, 0.2) is 0 Å². The van der Waals surface area contributed by atoms with Gasteiger partial charge in [-0.1, -0.05) is 24.3 Å². The van der Waals surface area contributed by atoms with E-state index in [1.807, 2.05) is 47.8 Å². The lowest BCUT2D eigenvalue weighted by Gasteiger charge is -2.09. The van der Waals surface area contributed by atoms with Gasteiger partial charge in [-0.25, -0.2) is 4.68 Å². The molecule has 0 spiro atoms. The summed E-state index contributed by atoms with van der Waals surface area (Å²) in [6, 6.07) is 20.7. The number of amides is 1. The molecule has 4 rings (SSSR count). The van der Waals surface area contributed by atoms with Crippen LogP contribution in [0.25, 0.3) is 16.3 Å². The van der Waals surface area contributed by atoms with Crippen molar-refractivity contribution in [1.82, 2.24) is 9.78 Å². The maximum Gasteiger partial charge on any atom is 0.387 e. The van der Waals surface area contributed by atoms with E-state index in [0.717, 1.165) is 10.6 Å². The monoisotopic (exact) mass is 411 g/mol. The second kappa shape index (κ2) is 8.24. The summed E-state index contributed by atoms with van der Waals surface area (Å²) < 4.78 is 30.5. The fraction of sp³-hybridized carbons (Fsp3) is 0.0476. The third-order valence-electron chi connectivity index (χ3n) is 4.05. The Morgan fingerprint density at radius 1 is 1.03 bits per heavy atom. The zero-order chi connectivity index (χ0) is 20.2. The van der Waals surface area contributed by atoms with E-state index in [0.29, 0.717) is 17.1 Å². The van der Waals surface area contributed by atoms with Crippen molar-refractivity contribution in [1.29, 1.82) is 0 Å². The molecule has 0 unspecified atom stereocenters. The summed E-state index contributed by atoms with van der Waals surface area (Å²) in [5.74, 6) is -0.348. The zero-order valence-electron chi connectivity index (χ0n) is 15.0. The molecule has 0 fully saturated rings. The average Bonchev–Trinajstić information content (AvgIpc) is 3.39. The number of para-hydroxylation sites is 1. The fourth-order valence-corrected chi connectivity index (χ4v) is 3.45. The molecular weight excluding hydrogens is 396 g/mol. The highest BCUT2D eigenvalue weighted by Crippen LogP contribution is 2.26. The van der Waals surface area contributed by atoms with E-state index in [9.17, 15) is 13.6 Å². The van der Waals surface area contributed by atoms with Crippen LogP contribution in [0.2, 0.25) is 0 Å². The van der Waals surface area contributed by atoms with Crippen LogP contribution in [-0.2, 0) is 0 Å². The Hall–Kier alpha value is -3.52. The predicted octanol–water partition coefficient (Wildman–Crippen LogP) is 5.45. The van der Waals surface area contributed by atoms with E-state index < -0.39 is 6.61 Å². The minimum absolute atomic E-state index is 0.0207. The summed E-state index contributed by atoms with van der Waals surface area (Å²) in [5, 5.41) is 9.31. The number of hydrogen-bond acceptors (Lipinski definition) is 4. The smallest absolute Gasteiger partial charge is 0.387 e. The largest absolute Gasteiger partial charge is 0.435 e. The summed E-state index contributed by atoms with van der Waals surface area (Å²) in [5.41, 5.74) is 2.25. The van der Waals surface area contributed by atoms with Crippen molar-refractivity contribution in [3.05, 3.63) is 83.9 Å². The molecule has 0 aliphatic carbocycles. The van der Waals surface area contributed by atoms with Crippen molar-refractivity contribution < 1.29 is 18.3 Å². The standard InChI is InChI=1S/C21H15F2N3O2S/c22-21(23)28-16-10-8-14(9-11-16)24-20(27)18-13-17(19-7-4-12-29-19)25-26(18)15-5-2-1-3-6-15/h1-13,21H,(H,24,27). The lowest BCUT2D eigenvalue weighted by atomic mass is 10.2. The molecule has 146 valence electrons. The molecule has 2 heterocycles. The summed E-state index contributed by atoms with van der Waals surface area (Å²) in [6.45, 7) is -2.90. The molecule has 0 saturated carbocycles. The Labute approximate surface area is 169 Å². The Morgan fingerprint density at radius 3 is 2.45 bits per heavy atom. The fourth-order valence-electron chi connectivity index (χ4n) is 2.77. The molecule has 0 bridgehead atoms. The highest BCUT2D eigenvalue weighted by molar-refractivity contribution is 7.13. The molecular formula is C21H15F2N3O2S. The van der Waals surface area contributed by atoms with Gasteiger partial charge in [0.05, 0.1) is 10.6 Å². The Balaban J connectivity index is 1.63. The number of rotatable bonds is 6. The molecule has 29 heavy (non-hydrogen) atoms. The van der Waals surface area contributed by atoms with Gasteiger partial charge in [-0.15, -0.1) is 11.3 Å². The first kappa shape index (κ1) is 18.8. The van der Waals surface area contributed by atoms with Gasteiger partial charge < -0.3 is 10.1 Å². The number of ether oxygens (including phenoxy) is 1. The Morgan fingerprint density at radius 2 is 1.79 bits per heavy atom. The number of nitrogens with one attached hydrogen (secondary N) is 1. The number of thiophene rings is 1. The van der Waals surface area contributed by atoms with Crippen LogP contribution in [0.4, 0.5) is 14.5 Å². The van der Waals surface area contributed by atoms with Crippen molar-refractivity contribution in [2.75, 3.05) is 5.32 Å². The summed E-state index contributed by atoms with van der Waals surface area (Å²) in [6.07, 6.45) is 0. The Kier molecular flexibility index (Phi) is 5.35. The molecule has 1 N–H and O–H groups in total. The molecule has 0 atom stereocenters. The van der Waals surface area contributed by atoms with Gasteiger partial charge in [0.25, 0.3) is 5.91 Å². The van der Waals surface area contributed by atoms with Crippen molar-refractivity contribution in [3.63, 3.8) is 0 Å². The molecule has 0 aliphatic rings. The lowest BCUT2D eigenvalue weighted by Crippen LogP contribution is -2.17. The normalized spacial score (nSPS) is 10.9. The minimum Gasteiger partial charge on any atom is -0.435 e. The van der Waals surface area contributed by atoms with E-state index in [-0.39, 0.29) is 11.7 Å². The molecule has 1 amide bonds. The van der Waals surface area contributed by atoms with Crippen molar-refractivity contribution in [2.24, 2.45) is 0 Å². The number of hydrogen-bond donors (Lipinski definition) is 1. The predicted molar refractivity (Wildman–Crippen MR) is 108 cm³/mol. The van der Waals surface area contributed by atoms with E-state index >= 15 is 0 Å². The first-order chi connectivity index (χ1) is 14.1. The number of anilines is 1. The first-order valence-corrected chi connectivity index (χ1v) is 9.54. The molecule has 2 aromatic carbocycles. The zero-order valence-corrected chi connectivity index (χ0v) is 15.8. The Bertz CT molecular complexity index is 1090. The van der Waals surface area contributed by atoms with Crippen molar-refractivity contribution >= 4 is 22.9 Å². The third-order valence-corrected chi connectivity index (χ3v) is 4.95. The maximum atomic E-state index is 12.9. The number of carbonyl (C=O) groups excluding carboxylic acids is 1. The SMILES string of the molecule is O=C(Nc1ccc(OC(F)F)cc1)c1cc(-c2cccs2)nn1-c1ccccc1. The lowest BCUT2D eigenvalue weighted by molar-refractivity contribution is -0.0498. The third kappa shape index (κ3) is 4.33. The summed E-state index contributed by atoms with van der Waals surface area (Å²) in [7, 11) is 0. The van der Waals surface area contributed by atoms with E-state index in [4.69, 9.17) is 0 Å². The van der Waals surface area contributed by atoms with Gasteiger partial charge in [-0.05, 0) is 53.9 Å². The quantitative estimate of drug-likeness (QED) is 0.459. The van der Waals surface area contributed by atoms with Gasteiger partial charge in [0.2, 0.25) is 0 Å². The number of halogens is 2. The molecule has 2 aromatic heterocycles. The minimum atomic E-state index is -2.90. The highest BCUT2D eigenvalue weighted by atomic mass is 32.1. The molecule has 4 aromatic rings. The van der Waals surface area contributed by atoms with Crippen LogP contribution < -0.4 is 10.1 Å². The molecule has 8 heteroatoms. The molecule has 5 nitrogen and oxygen atoms in total. The van der Waals surface area contributed by atoms with Crippen LogP contribution in [0, 0.1) is 0 Å². The summed E-state index contributed by atoms with van der Waals surface area (Å²) in [4.78, 5) is 13.9. The van der Waals surface area contributed by atoms with Gasteiger partial charge >= 0.3 is 6.61 Å². The van der Waals surface area contributed by atoms with Crippen LogP contribution >= 0.6 is 11.3 Å².